The van der Waals surface area contributed by atoms with Crippen LogP contribution < -0.4 is 5.32 Å². The van der Waals surface area contributed by atoms with Gasteiger partial charge in [-0.25, -0.2) is 9.07 Å². The molecular formula is C23H16ClFN4O3. The van der Waals surface area contributed by atoms with Crippen LogP contribution in [0.3, 0.4) is 0 Å². The van der Waals surface area contributed by atoms with E-state index in [0.717, 1.165) is 11.8 Å². The number of nitrogens with zero attached hydrogens (tertiary/aromatic N) is 3. The van der Waals surface area contributed by atoms with Crippen LogP contribution in [0, 0.1) is 15.9 Å². The third-order valence-corrected chi connectivity index (χ3v) is 5.09. The van der Waals surface area contributed by atoms with E-state index < -0.39 is 10.8 Å². The average Bonchev–Trinajstić information content (AvgIpc) is 3.22. The van der Waals surface area contributed by atoms with Crippen molar-refractivity contribution in [2.45, 2.75) is 6.54 Å². The van der Waals surface area contributed by atoms with Crippen molar-refractivity contribution in [3.63, 3.8) is 0 Å². The molecule has 1 N–H and O–H groups in total. The molecule has 0 aliphatic carbocycles. The number of nitrogens with one attached hydrogen (secondary N) is 1. The molecule has 4 rings (SSSR count). The Morgan fingerprint density at radius 2 is 1.81 bits per heavy atom. The number of benzene rings is 3. The highest BCUT2D eigenvalue weighted by molar-refractivity contribution is 6.34. The van der Waals surface area contributed by atoms with Crippen molar-refractivity contribution in [1.82, 2.24) is 15.1 Å². The number of nitro groups is 1. The average molecular weight is 451 g/mol. The minimum Gasteiger partial charge on any atom is -0.348 e. The van der Waals surface area contributed by atoms with Crippen LogP contribution in [0.2, 0.25) is 5.02 Å². The number of para-hydroxylation sites is 1. The van der Waals surface area contributed by atoms with Crippen LogP contribution in [-0.2, 0) is 6.54 Å². The van der Waals surface area contributed by atoms with Gasteiger partial charge < -0.3 is 5.32 Å². The van der Waals surface area contributed by atoms with Crippen LogP contribution in [0.1, 0.15) is 15.9 Å². The van der Waals surface area contributed by atoms with Crippen molar-refractivity contribution >= 4 is 23.2 Å². The lowest BCUT2D eigenvalue weighted by Gasteiger charge is -2.07. The van der Waals surface area contributed by atoms with Crippen molar-refractivity contribution in [3.05, 3.63) is 111 Å². The van der Waals surface area contributed by atoms with Gasteiger partial charge in [0.15, 0.2) is 0 Å². The molecule has 0 radical (unpaired) electrons. The zero-order valence-corrected chi connectivity index (χ0v) is 17.3. The Hall–Kier alpha value is -4.04. The van der Waals surface area contributed by atoms with Gasteiger partial charge in [-0.1, -0.05) is 29.8 Å². The predicted molar refractivity (Wildman–Crippen MR) is 118 cm³/mol. The zero-order chi connectivity index (χ0) is 22.7. The summed E-state index contributed by atoms with van der Waals surface area (Å²) in [5, 5.41) is 18.2. The number of carbonyl (C=O) groups excluding carboxylic acids is 1. The molecule has 1 aromatic heterocycles. The van der Waals surface area contributed by atoms with Gasteiger partial charge >= 0.3 is 0 Å². The molecule has 0 saturated carbocycles. The smallest absolute Gasteiger partial charge is 0.270 e. The Kier molecular flexibility index (Phi) is 5.96. The number of non-ortho nitro benzene ring substituents is 1. The summed E-state index contributed by atoms with van der Waals surface area (Å²) in [7, 11) is 0. The van der Waals surface area contributed by atoms with E-state index in [2.05, 4.69) is 10.4 Å². The molecular weight excluding hydrogens is 435 g/mol. The number of halogens is 2. The van der Waals surface area contributed by atoms with E-state index in [9.17, 15) is 19.3 Å². The highest BCUT2D eigenvalue weighted by atomic mass is 35.5. The summed E-state index contributed by atoms with van der Waals surface area (Å²) in [6.45, 7) is 0.117. The van der Waals surface area contributed by atoms with Crippen molar-refractivity contribution < 1.29 is 14.1 Å². The van der Waals surface area contributed by atoms with Gasteiger partial charge in [0.1, 0.15) is 5.82 Å². The number of nitro benzene ring substituents is 1. The quantitative estimate of drug-likeness (QED) is 0.324. The molecule has 32 heavy (non-hydrogen) atoms. The summed E-state index contributed by atoms with van der Waals surface area (Å²) in [4.78, 5) is 22.9. The number of hydrogen-bond acceptors (Lipinski definition) is 4. The maximum Gasteiger partial charge on any atom is 0.270 e. The van der Waals surface area contributed by atoms with E-state index in [1.165, 1.54) is 24.3 Å². The van der Waals surface area contributed by atoms with E-state index in [1.807, 2.05) is 30.3 Å². The minimum absolute atomic E-state index is 0.0181. The highest BCUT2D eigenvalue weighted by Crippen LogP contribution is 2.25. The molecule has 160 valence electrons. The first-order valence-electron chi connectivity index (χ1n) is 9.54. The molecule has 0 unspecified atom stereocenters. The first kappa shape index (κ1) is 21.2. The van der Waals surface area contributed by atoms with Crippen LogP contribution in [0.5, 0.6) is 0 Å². The van der Waals surface area contributed by atoms with E-state index in [1.54, 1.807) is 23.0 Å². The molecule has 7 nitrogen and oxygen atoms in total. The number of carbonyl (C=O) groups is 1. The third-order valence-electron chi connectivity index (χ3n) is 4.78. The summed E-state index contributed by atoms with van der Waals surface area (Å²) in [5.41, 5.74) is 2.73. The lowest BCUT2D eigenvalue weighted by molar-refractivity contribution is -0.384. The maximum absolute atomic E-state index is 13.4. The Labute approximate surface area is 187 Å². The highest BCUT2D eigenvalue weighted by Gasteiger charge is 2.17. The van der Waals surface area contributed by atoms with Crippen LogP contribution in [0.4, 0.5) is 10.1 Å². The number of hydrogen-bond donors (Lipinski definition) is 1. The lowest BCUT2D eigenvalue weighted by Crippen LogP contribution is -2.23. The fraction of sp³-hybridized carbons (Fsp3) is 0.0435. The standard InChI is InChI=1S/C23H16ClFN4O3/c24-21-12-19(29(31)32)10-11-20(21)23(30)26-13-16-14-28(18-4-2-1-3-5-18)27-22(16)15-6-8-17(25)9-7-15/h1-12,14H,13H2,(H,26,30). The third kappa shape index (κ3) is 4.50. The number of amides is 1. The topological polar surface area (TPSA) is 90.1 Å². The molecule has 0 bridgehead atoms. The van der Waals surface area contributed by atoms with Gasteiger partial charge in [0.2, 0.25) is 0 Å². The van der Waals surface area contributed by atoms with Crippen LogP contribution in [0.25, 0.3) is 16.9 Å². The second kappa shape index (κ2) is 8.99. The second-order valence-electron chi connectivity index (χ2n) is 6.89. The van der Waals surface area contributed by atoms with E-state index >= 15 is 0 Å². The van der Waals surface area contributed by atoms with Gasteiger partial charge in [-0.15, -0.1) is 0 Å². The second-order valence-corrected chi connectivity index (χ2v) is 7.30. The van der Waals surface area contributed by atoms with Gasteiger partial charge in [0, 0.05) is 36.0 Å². The lowest BCUT2D eigenvalue weighted by atomic mass is 10.1. The van der Waals surface area contributed by atoms with E-state index in [4.69, 9.17) is 11.6 Å². The summed E-state index contributed by atoms with van der Waals surface area (Å²) in [6, 6.07) is 19.0. The van der Waals surface area contributed by atoms with Gasteiger partial charge in [-0.2, -0.15) is 5.10 Å². The summed E-state index contributed by atoms with van der Waals surface area (Å²) >= 11 is 6.06. The van der Waals surface area contributed by atoms with Crippen LogP contribution in [-0.4, -0.2) is 20.6 Å². The zero-order valence-electron chi connectivity index (χ0n) is 16.5. The minimum atomic E-state index is -0.583. The maximum atomic E-state index is 13.4. The molecule has 1 heterocycles. The summed E-state index contributed by atoms with van der Waals surface area (Å²) in [5.74, 6) is -0.846. The van der Waals surface area contributed by atoms with Gasteiger partial charge in [-0.05, 0) is 42.5 Å². The van der Waals surface area contributed by atoms with Gasteiger partial charge in [0.05, 0.1) is 26.9 Å². The number of aromatic nitrogens is 2. The number of rotatable bonds is 6. The Balaban J connectivity index is 1.62. The molecule has 9 heteroatoms. The fourth-order valence-electron chi connectivity index (χ4n) is 3.18. The SMILES string of the molecule is O=C(NCc1cn(-c2ccccc2)nc1-c1ccc(F)cc1)c1ccc([N+](=O)[O-])cc1Cl. The van der Waals surface area contributed by atoms with Crippen molar-refractivity contribution in [2.75, 3.05) is 0 Å². The Morgan fingerprint density at radius 1 is 1.09 bits per heavy atom. The molecule has 0 spiro atoms. The molecule has 0 aliphatic rings. The van der Waals surface area contributed by atoms with Crippen molar-refractivity contribution in [1.29, 1.82) is 0 Å². The first-order chi connectivity index (χ1) is 15.4. The van der Waals surface area contributed by atoms with Crippen LogP contribution >= 0.6 is 11.6 Å². The largest absolute Gasteiger partial charge is 0.348 e. The molecule has 4 aromatic rings. The van der Waals surface area contributed by atoms with Gasteiger partial charge in [0.25, 0.3) is 11.6 Å². The van der Waals surface area contributed by atoms with E-state index in [-0.39, 0.29) is 28.6 Å². The molecule has 0 atom stereocenters. The molecule has 0 aliphatic heterocycles. The molecule has 0 saturated heterocycles. The first-order valence-corrected chi connectivity index (χ1v) is 9.92. The van der Waals surface area contributed by atoms with E-state index in [0.29, 0.717) is 16.8 Å². The van der Waals surface area contributed by atoms with Crippen LogP contribution in [0.15, 0.2) is 79.0 Å². The monoisotopic (exact) mass is 450 g/mol. The normalized spacial score (nSPS) is 10.7. The van der Waals surface area contributed by atoms with Gasteiger partial charge in [-0.3, -0.25) is 14.9 Å². The predicted octanol–water partition coefficient (Wildman–Crippen LogP) is 5.17. The van der Waals surface area contributed by atoms with Crippen molar-refractivity contribution in [2.24, 2.45) is 0 Å². The van der Waals surface area contributed by atoms with Crippen molar-refractivity contribution in [3.8, 4) is 16.9 Å². The Morgan fingerprint density at radius 3 is 2.47 bits per heavy atom. The summed E-state index contributed by atoms with van der Waals surface area (Å²) in [6.07, 6.45) is 1.78. The molecule has 1 amide bonds. The molecule has 0 fully saturated rings. The Bertz CT molecular complexity index is 1290. The summed E-state index contributed by atoms with van der Waals surface area (Å²) < 4.78 is 15.1. The fourth-order valence-corrected chi connectivity index (χ4v) is 3.44. The molecule has 3 aromatic carbocycles.